The van der Waals surface area contributed by atoms with Gasteiger partial charge in [0.05, 0.1) is 6.04 Å². The van der Waals surface area contributed by atoms with Gasteiger partial charge in [0.15, 0.2) is 0 Å². The van der Waals surface area contributed by atoms with Gasteiger partial charge in [-0.1, -0.05) is 44.2 Å². The van der Waals surface area contributed by atoms with E-state index in [0.29, 0.717) is 5.82 Å². The summed E-state index contributed by atoms with van der Waals surface area (Å²) >= 11 is 0. The number of rotatable bonds is 8. The van der Waals surface area contributed by atoms with E-state index in [0.717, 1.165) is 18.4 Å². The number of carbonyl (C=O) groups excluding carboxylic acids is 1. The largest absolute Gasteiger partial charge is 0.335 e. The van der Waals surface area contributed by atoms with Crippen molar-refractivity contribution in [1.82, 2.24) is 14.5 Å². The summed E-state index contributed by atoms with van der Waals surface area (Å²) < 4.78 is 1.76. The van der Waals surface area contributed by atoms with Crippen molar-refractivity contribution < 1.29 is 4.79 Å². The maximum absolute atomic E-state index is 12.9. The van der Waals surface area contributed by atoms with Gasteiger partial charge in [0.1, 0.15) is 17.5 Å². The number of likely N-dealkylation sites (N-methyl/N-ethyl adjacent to an activating group) is 1. The van der Waals surface area contributed by atoms with Crippen LogP contribution < -0.4 is 0 Å². The topological polar surface area (TPSA) is 61.9 Å². The number of imidazole rings is 1. The van der Waals surface area contributed by atoms with Crippen molar-refractivity contribution >= 4 is 12.0 Å². The number of carbonyl (C=O) groups is 1. The standard InChI is InChI=1S/C20H26N4O/c1-6-9-16(10-7-2)18(11-8-3)24(5)20(25)17(15-21)14-19-22-12-13-23(19)4/h6-7,9-10,12-14,18H,1,8,11H2,2-5H3/b10-7-,16-9+,17-14+. The summed E-state index contributed by atoms with van der Waals surface area (Å²) in [7, 11) is 3.55. The fraction of sp³-hybridized carbons (Fsp3) is 0.350. The fourth-order valence-corrected chi connectivity index (χ4v) is 2.58. The van der Waals surface area contributed by atoms with Gasteiger partial charge in [-0.3, -0.25) is 4.79 Å². The molecule has 0 spiro atoms. The predicted octanol–water partition coefficient (Wildman–Crippen LogP) is 3.64. The van der Waals surface area contributed by atoms with Gasteiger partial charge < -0.3 is 9.47 Å². The Balaban J connectivity index is 3.20. The van der Waals surface area contributed by atoms with Crippen LogP contribution in [-0.2, 0) is 11.8 Å². The summed E-state index contributed by atoms with van der Waals surface area (Å²) in [5, 5.41) is 9.44. The molecule has 0 aromatic carbocycles. The lowest BCUT2D eigenvalue weighted by molar-refractivity contribution is -0.126. The van der Waals surface area contributed by atoms with Gasteiger partial charge in [-0.2, -0.15) is 5.26 Å². The highest BCUT2D eigenvalue weighted by molar-refractivity contribution is 6.01. The average molecular weight is 338 g/mol. The summed E-state index contributed by atoms with van der Waals surface area (Å²) in [6, 6.07) is 1.89. The second-order valence-corrected chi connectivity index (χ2v) is 5.69. The summed E-state index contributed by atoms with van der Waals surface area (Å²) in [6.45, 7) is 7.76. The minimum atomic E-state index is -0.316. The molecule has 0 bridgehead atoms. The third kappa shape index (κ3) is 5.32. The number of hydrogen-bond acceptors (Lipinski definition) is 3. The molecule has 5 nitrogen and oxygen atoms in total. The van der Waals surface area contributed by atoms with Crippen LogP contribution >= 0.6 is 0 Å². The molecule has 0 saturated carbocycles. The number of allylic oxidation sites excluding steroid dienone is 3. The van der Waals surface area contributed by atoms with Crippen LogP contribution in [0.15, 0.2) is 54.4 Å². The molecule has 132 valence electrons. The van der Waals surface area contributed by atoms with E-state index >= 15 is 0 Å². The van der Waals surface area contributed by atoms with Gasteiger partial charge in [-0.25, -0.2) is 4.98 Å². The smallest absolute Gasteiger partial charge is 0.264 e. The Bertz CT molecular complexity index is 731. The zero-order chi connectivity index (χ0) is 18.8. The molecule has 0 fully saturated rings. The highest BCUT2D eigenvalue weighted by atomic mass is 16.2. The molecule has 1 atom stereocenters. The fourth-order valence-electron chi connectivity index (χ4n) is 2.58. The minimum absolute atomic E-state index is 0.0661. The van der Waals surface area contributed by atoms with Crippen LogP contribution in [0.3, 0.4) is 0 Å². The first kappa shape index (κ1) is 20.2. The molecule has 1 unspecified atom stereocenters. The third-order valence-electron chi connectivity index (χ3n) is 3.89. The highest BCUT2D eigenvalue weighted by Gasteiger charge is 2.24. The second-order valence-electron chi connectivity index (χ2n) is 5.69. The van der Waals surface area contributed by atoms with E-state index < -0.39 is 0 Å². The first-order valence-corrected chi connectivity index (χ1v) is 8.31. The number of hydrogen-bond donors (Lipinski definition) is 0. The number of aromatic nitrogens is 2. The Morgan fingerprint density at radius 2 is 2.28 bits per heavy atom. The van der Waals surface area contributed by atoms with Crippen molar-refractivity contribution in [2.24, 2.45) is 7.05 Å². The molecule has 0 radical (unpaired) electrons. The van der Waals surface area contributed by atoms with E-state index in [-0.39, 0.29) is 17.5 Å². The lowest BCUT2D eigenvalue weighted by Gasteiger charge is -2.29. The van der Waals surface area contributed by atoms with Crippen molar-refractivity contribution in [2.45, 2.75) is 32.7 Å². The van der Waals surface area contributed by atoms with Crippen LogP contribution in [0.5, 0.6) is 0 Å². The van der Waals surface area contributed by atoms with Crippen molar-refractivity contribution in [3.8, 4) is 6.07 Å². The molecule has 0 aliphatic carbocycles. The van der Waals surface area contributed by atoms with Gasteiger partial charge >= 0.3 is 0 Å². The molecule has 1 rings (SSSR count). The summed E-state index contributed by atoms with van der Waals surface area (Å²) in [5.41, 5.74) is 1.06. The first-order chi connectivity index (χ1) is 12.0. The highest BCUT2D eigenvalue weighted by Crippen LogP contribution is 2.19. The monoisotopic (exact) mass is 338 g/mol. The van der Waals surface area contributed by atoms with E-state index in [1.165, 1.54) is 6.08 Å². The van der Waals surface area contributed by atoms with Crippen molar-refractivity contribution in [3.05, 3.63) is 60.2 Å². The zero-order valence-corrected chi connectivity index (χ0v) is 15.4. The molecule has 1 aromatic rings. The van der Waals surface area contributed by atoms with E-state index in [9.17, 15) is 10.1 Å². The van der Waals surface area contributed by atoms with Crippen molar-refractivity contribution in [1.29, 1.82) is 5.26 Å². The zero-order valence-electron chi connectivity index (χ0n) is 15.4. The maximum atomic E-state index is 12.9. The number of amides is 1. The molecule has 5 heteroatoms. The van der Waals surface area contributed by atoms with E-state index in [1.54, 1.807) is 35.0 Å². The summed E-state index contributed by atoms with van der Waals surface area (Å²) in [6.07, 6.45) is 14.2. The van der Waals surface area contributed by atoms with Gasteiger partial charge in [0.2, 0.25) is 0 Å². The molecule has 1 aromatic heterocycles. The molecule has 0 aliphatic rings. The second kappa shape index (κ2) is 10.1. The Morgan fingerprint density at radius 3 is 2.76 bits per heavy atom. The quantitative estimate of drug-likeness (QED) is 0.413. The molecular formula is C20H26N4O. The number of nitriles is 1. The predicted molar refractivity (Wildman–Crippen MR) is 101 cm³/mol. The lowest BCUT2D eigenvalue weighted by Crippen LogP contribution is -2.38. The Kier molecular flexibility index (Phi) is 8.14. The van der Waals surface area contributed by atoms with Crippen LogP contribution in [0.25, 0.3) is 6.08 Å². The third-order valence-corrected chi connectivity index (χ3v) is 3.89. The van der Waals surface area contributed by atoms with E-state index in [1.807, 2.05) is 38.3 Å². The van der Waals surface area contributed by atoms with Crippen LogP contribution in [0.2, 0.25) is 0 Å². The van der Waals surface area contributed by atoms with Crippen LogP contribution in [-0.4, -0.2) is 33.4 Å². The molecule has 1 heterocycles. The van der Waals surface area contributed by atoms with Gasteiger partial charge in [-0.15, -0.1) is 0 Å². The summed E-state index contributed by atoms with van der Waals surface area (Å²) in [4.78, 5) is 18.6. The minimum Gasteiger partial charge on any atom is -0.335 e. The molecule has 0 N–H and O–H groups in total. The molecule has 0 aliphatic heterocycles. The van der Waals surface area contributed by atoms with Crippen molar-refractivity contribution in [2.75, 3.05) is 7.05 Å². The first-order valence-electron chi connectivity index (χ1n) is 8.31. The van der Waals surface area contributed by atoms with Crippen LogP contribution in [0.1, 0.15) is 32.5 Å². The van der Waals surface area contributed by atoms with E-state index in [4.69, 9.17) is 0 Å². The maximum Gasteiger partial charge on any atom is 0.264 e. The van der Waals surface area contributed by atoms with Crippen molar-refractivity contribution in [3.63, 3.8) is 0 Å². The Hall–Kier alpha value is -2.87. The van der Waals surface area contributed by atoms with Gasteiger partial charge in [-0.05, 0) is 18.9 Å². The SMILES string of the molecule is C=C/C=C(\C=C/C)C(CCC)N(C)C(=O)/C(C#N)=C/c1nccn1C. The molecule has 0 saturated heterocycles. The molecular weight excluding hydrogens is 312 g/mol. The van der Waals surface area contributed by atoms with Gasteiger partial charge in [0.25, 0.3) is 5.91 Å². The molecule has 1 amide bonds. The molecule has 25 heavy (non-hydrogen) atoms. The van der Waals surface area contributed by atoms with Gasteiger partial charge in [0, 0.05) is 32.6 Å². The summed E-state index contributed by atoms with van der Waals surface area (Å²) in [5.74, 6) is 0.254. The Morgan fingerprint density at radius 1 is 1.56 bits per heavy atom. The van der Waals surface area contributed by atoms with Crippen LogP contribution in [0.4, 0.5) is 0 Å². The number of aryl methyl sites for hydroxylation is 1. The normalized spacial score (nSPS) is 13.6. The Labute approximate surface area is 150 Å². The van der Waals surface area contributed by atoms with Crippen LogP contribution in [0, 0.1) is 11.3 Å². The average Bonchev–Trinajstić information content (AvgIpc) is 3.01. The van der Waals surface area contributed by atoms with E-state index in [2.05, 4.69) is 18.5 Å². The lowest BCUT2D eigenvalue weighted by atomic mass is 9.99. The number of nitrogens with zero attached hydrogens (tertiary/aromatic N) is 4.